The van der Waals surface area contributed by atoms with Gasteiger partial charge in [-0.3, -0.25) is 9.59 Å². The predicted octanol–water partition coefficient (Wildman–Crippen LogP) is 0.642. The van der Waals surface area contributed by atoms with Gasteiger partial charge < -0.3 is 9.64 Å². The molecule has 2 aliphatic rings. The molecule has 5 nitrogen and oxygen atoms in total. The molecule has 2 saturated heterocycles. The molecule has 0 spiro atoms. The van der Waals surface area contributed by atoms with Crippen molar-refractivity contribution in [3.05, 3.63) is 24.3 Å². The Labute approximate surface area is 130 Å². The summed E-state index contributed by atoms with van der Waals surface area (Å²) in [5.74, 6) is 1.21. The largest absolute Gasteiger partial charge is 0.497 e. The molecule has 0 unspecified atom stereocenters. The van der Waals surface area contributed by atoms with Crippen LogP contribution in [0.4, 0.5) is 5.69 Å². The second kappa shape index (κ2) is 6.08. The van der Waals surface area contributed by atoms with E-state index in [1.165, 1.54) is 9.80 Å². The number of nitrogens with zero attached hydrogens (tertiary/aromatic N) is 1. The Hall–Kier alpha value is -1.88. The Morgan fingerprint density at radius 2 is 1.95 bits per heavy atom. The van der Waals surface area contributed by atoms with Crippen molar-refractivity contribution in [2.45, 2.75) is 32.2 Å². The quantitative estimate of drug-likeness (QED) is 0.834. The zero-order valence-electron chi connectivity index (χ0n) is 13.2. The molecule has 0 bridgehead atoms. The Balaban J connectivity index is 1.79. The lowest BCUT2D eigenvalue weighted by molar-refractivity contribution is -0.920. The van der Waals surface area contributed by atoms with Crippen LogP contribution in [0.1, 0.15) is 26.2 Å². The van der Waals surface area contributed by atoms with Crippen molar-refractivity contribution in [3.8, 4) is 5.75 Å². The van der Waals surface area contributed by atoms with E-state index in [1.807, 2.05) is 6.07 Å². The smallest absolute Gasteiger partial charge is 0.292 e. The van der Waals surface area contributed by atoms with Crippen LogP contribution in [0.25, 0.3) is 0 Å². The highest BCUT2D eigenvalue weighted by Gasteiger charge is 2.46. The molecule has 118 valence electrons. The number of carbonyl (C=O) groups is 2. The Morgan fingerprint density at radius 1 is 1.23 bits per heavy atom. The van der Waals surface area contributed by atoms with Crippen molar-refractivity contribution >= 4 is 17.5 Å². The van der Waals surface area contributed by atoms with Gasteiger partial charge in [-0.05, 0) is 30.9 Å². The van der Waals surface area contributed by atoms with Crippen molar-refractivity contribution in [1.82, 2.24) is 0 Å². The Morgan fingerprint density at radius 3 is 2.64 bits per heavy atom. The van der Waals surface area contributed by atoms with Crippen LogP contribution in [-0.4, -0.2) is 38.1 Å². The summed E-state index contributed by atoms with van der Waals surface area (Å²) >= 11 is 0. The molecule has 0 aliphatic carbocycles. The maximum Gasteiger partial charge on any atom is 0.292 e. The molecule has 2 fully saturated rings. The summed E-state index contributed by atoms with van der Waals surface area (Å²) in [6, 6.07) is 6.92. The van der Waals surface area contributed by atoms with E-state index < -0.39 is 0 Å². The van der Waals surface area contributed by atoms with Gasteiger partial charge in [0.2, 0.25) is 5.91 Å². The molecule has 1 N–H and O–H groups in total. The van der Waals surface area contributed by atoms with Crippen molar-refractivity contribution < 1.29 is 19.2 Å². The van der Waals surface area contributed by atoms with E-state index in [2.05, 4.69) is 6.92 Å². The van der Waals surface area contributed by atoms with Crippen molar-refractivity contribution in [2.75, 3.05) is 25.1 Å². The van der Waals surface area contributed by atoms with Gasteiger partial charge in [0.1, 0.15) is 5.75 Å². The minimum atomic E-state index is -0.216. The predicted molar refractivity (Wildman–Crippen MR) is 83.0 cm³/mol. The minimum absolute atomic E-state index is 0.0668. The van der Waals surface area contributed by atoms with E-state index in [0.717, 1.165) is 31.8 Å². The maximum atomic E-state index is 12.7. The number of quaternary nitrogens is 1. The number of imide groups is 1. The van der Waals surface area contributed by atoms with E-state index in [1.54, 1.807) is 25.3 Å². The number of benzene rings is 1. The number of methoxy groups -OCH3 is 1. The number of hydrogen-bond donors (Lipinski definition) is 1. The molecule has 22 heavy (non-hydrogen) atoms. The third-order valence-electron chi connectivity index (χ3n) is 4.87. The summed E-state index contributed by atoms with van der Waals surface area (Å²) in [5, 5.41) is 0. The van der Waals surface area contributed by atoms with Crippen LogP contribution < -0.4 is 14.5 Å². The zero-order valence-corrected chi connectivity index (χ0v) is 13.2. The minimum Gasteiger partial charge on any atom is -0.497 e. The molecule has 0 saturated carbocycles. The van der Waals surface area contributed by atoms with Crippen molar-refractivity contribution in [1.29, 1.82) is 0 Å². The molecule has 0 aromatic heterocycles. The Kier molecular flexibility index (Phi) is 4.16. The zero-order chi connectivity index (χ0) is 15.7. The van der Waals surface area contributed by atoms with E-state index in [4.69, 9.17) is 4.74 Å². The second-order valence-electron chi connectivity index (χ2n) is 6.37. The van der Waals surface area contributed by atoms with Gasteiger partial charge in [-0.1, -0.05) is 13.0 Å². The van der Waals surface area contributed by atoms with Gasteiger partial charge in [0.05, 0.1) is 32.3 Å². The van der Waals surface area contributed by atoms with Crippen molar-refractivity contribution in [2.24, 2.45) is 5.92 Å². The molecule has 0 radical (unpaired) electrons. The number of anilines is 1. The van der Waals surface area contributed by atoms with Crippen LogP contribution in [-0.2, 0) is 9.59 Å². The average Bonchev–Trinajstić information content (AvgIpc) is 2.83. The highest BCUT2D eigenvalue weighted by Crippen LogP contribution is 2.26. The number of piperidine rings is 1. The summed E-state index contributed by atoms with van der Waals surface area (Å²) < 4.78 is 5.19. The lowest BCUT2D eigenvalue weighted by Crippen LogP contribution is -3.17. The van der Waals surface area contributed by atoms with Crippen LogP contribution in [0.2, 0.25) is 0 Å². The normalized spacial score (nSPS) is 29.0. The van der Waals surface area contributed by atoms with E-state index in [9.17, 15) is 9.59 Å². The topological polar surface area (TPSA) is 51.0 Å². The van der Waals surface area contributed by atoms with Gasteiger partial charge in [-0.15, -0.1) is 0 Å². The molecule has 2 heterocycles. The highest BCUT2D eigenvalue weighted by atomic mass is 16.5. The van der Waals surface area contributed by atoms with Crippen LogP contribution in [0.15, 0.2) is 24.3 Å². The third kappa shape index (κ3) is 2.73. The van der Waals surface area contributed by atoms with Gasteiger partial charge in [-0.25, -0.2) is 4.90 Å². The number of likely N-dealkylation sites (tertiary alicyclic amines) is 1. The van der Waals surface area contributed by atoms with Crippen LogP contribution >= 0.6 is 0 Å². The summed E-state index contributed by atoms with van der Waals surface area (Å²) in [5.41, 5.74) is 0.613. The first-order valence-electron chi connectivity index (χ1n) is 7.95. The molecule has 1 aromatic rings. The van der Waals surface area contributed by atoms with E-state index in [-0.39, 0.29) is 17.9 Å². The number of amides is 2. The second-order valence-corrected chi connectivity index (χ2v) is 6.37. The standard InChI is InChI=1S/C17H22N2O3/c1-12-6-8-18(9-7-12)15-11-16(20)19(17(15)21)13-4-3-5-14(10-13)22-2/h3-5,10,12,15H,6-9,11H2,1-2H3/p+1/t15-/m1/s1. The molecule has 1 atom stereocenters. The molecule has 2 amide bonds. The number of hydrogen-bond acceptors (Lipinski definition) is 3. The number of rotatable bonds is 3. The first kappa shape index (κ1) is 15.0. The average molecular weight is 303 g/mol. The number of carbonyl (C=O) groups excluding carboxylic acids is 2. The summed E-state index contributed by atoms with van der Waals surface area (Å²) in [4.78, 5) is 27.7. The summed E-state index contributed by atoms with van der Waals surface area (Å²) in [6.45, 7) is 4.22. The van der Waals surface area contributed by atoms with Crippen molar-refractivity contribution in [3.63, 3.8) is 0 Å². The number of ether oxygens (including phenoxy) is 1. The monoisotopic (exact) mass is 303 g/mol. The maximum absolute atomic E-state index is 12.7. The SMILES string of the molecule is COc1cccc(N2C(=O)C[C@@H]([NH+]3CCC(C)CC3)C2=O)c1. The molecule has 1 aromatic carbocycles. The van der Waals surface area contributed by atoms with Gasteiger partial charge in [0.15, 0.2) is 6.04 Å². The summed E-state index contributed by atoms with van der Waals surface area (Å²) in [6.07, 6.45) is 2.58. The molecular formula is C17H23N2O3+. The lowest BCUT2D eigenvalue weighted by Gasteiger charge is -2.30. The third-order valence-corrected chi connectivity index (χ3v) is 4.87. The van der Waals surface area contributed by atoms with Crippen LogP contribution in [0.3, 0.4) is 0 Å². The molecular weight excluding hydrogens is 280 g/mol. The Bertz CT molecular complexity index is 579. The fourth-order valence-electron chi connectivity index (χ4n) is 3.45. The van der Waals surface area contributed by atoms with Gasteiger partial charge >= 0.3 is 0 Å². The fraction of sp³-hybridized carbons (Fsp3) is 0.529. The fourth-order valence-corrected chi connectivity index (χ4v) is 3.45. The van der Waals surface area contributed by atoms with Gasteiger partial charge in [0, 0.05) is 6.07 Å². The van der Waals surface area contributed by atoms with Gasteiger partial charge in [0.25, 0.3) is 5.91 Å². The van der Waals surface area contributed by atoms with Crippen LogP contribution in [0, 0.1) is 5.92 Å². The lowest BCUT2D eigenvalue weighted by atomic mass is 9.97. The first-order chi connectivity index (χ1) is 10.6. The molecule has 2 aliphatic heterocycles. The van der Waals surface area contributed by atoms with E-state index >= 15 is 0 Å². The molecule has 3 rings (SSSR count). The molecule has 5 heteroatoms. The highest BCUT2D eigenvalue weighted by molar-refractivity contribution is 6.21. The van der Waals surface area contributed by atoms with Crippen LogP contribution in [0.5, 0.6) is 5.75 Å². The van der Waals surface area contributed by atoms with E-state index in [0.29, 0.717) is 17.9 Å². The number of nitrogens with one attached hydrogen (secondary N) is 1. The first-order valence-corrected chi connectivity index (χ1v) is 7.95. The summed E-state index contributed by atoms with van der Waals surface area (Å²) in [7, 11) is 1.58. The van der Waals surface area contributed by atoms with Gasteiger partial charge in [-0.2, -0.15) is 0 Å².